The number of carbonyl (C=O) groups is 1. The lowest BCUT2D eigenvalue weighted by molar-refractivity contribution is -0.364. The van der Waals surface area contributed by atoms with E-state index in [-0.39, 0.29) is 11.5 Å². The van der Waals surface area contributed by atoms with Crippen molar-refractivity contribution < 1.29 is 39.7 Å². The van der Waals surface area contributed by atoms with Gasteiger partial charge in [-0.3, -0.25) is 4.79 Å². The molecule has 0 amide bonds. The molecule has 3 aromatic rings. The molecule has 1 aliphatic heterocycles. The molecular weight excluding hydrogens is 418 g/mol. The summed E-state index contributed by atoms with van der Waals surface area (Å²) >= 11 is 0. The Kier molecular flexibility index (Phi) is 6.56. The maximum atomic E-state index is 13.1. The fourth-order valence-electron chi connectivity index (χ4n) is 3.73. The molecule has 4 rings (SSSR count). The Morgan fingerprint density at radius 3 is 2.53 bits per heavy atom. The molecule has 0 radical (unpaired) electrons. The van der Waals surface area contributed by atoms with E-state index in [1.54, 1.807) is 36.5 Å². The molecule has 1 aliphatic rings. The second kappa shape index (κ2) is 9.37. The van der Waals surface area contributed by atoms with Crippen LogP contribution >= 0.6 is 0 Å². The summed E-state index contributed by atoms with van der Waals surface area (Å²) < 4.78 is 5.06. The van der Waals surface area contributed by atoms with Crippen molar-refractivity contribution in [2.24, 2.45) is 0 Å². The van der Waals surface area contributed by atoms with Crippen LogP contribution in [0.25, 0.3) is 10.9 Å². The fraction of sp³-hybridized carbons (Fsp3) is 0.348. The Bertz CT molecular complexity index is 1080. The number of ketones is 1. The number of aromatic amines is 1. The van der Waals surface area contributed by atoms with Gasteiger partial charge in [-0.2, -0.15) is 4.89 Å². The summed E-state index contributed by atoms with van der Waals surface area (Å²) in [7, 11) is 0. The van der Waals surface area contributed by atoms with Gasteiger partial charge in [0.2, 0.25) is 0 Å². The van der Waals surface area contributed by atoms with Crippen LogP contribution in [0, 0.1) is 0 Å². The van der Waals surface area contributed by atoms with Crippen LogP contribution in [0.15, 0.2) is 48.7 Å². The highest BCUT2D eigenvalue weighted by Crippen LogP contribution is 2.32. The zero-order chi connectivity index (χ0) is 22.8. The Morgan fingerprint density at radius 1 is 1.09 bits per heavy atom. The Morgan fingerprint density at radius 2 is 1.84 bits per heavy atom. The van der Waals surface area contributed by atoms with Gasteiger partial charge in [0.05, 0.1) is 23.1 Å². The SMILES string of the molecule is CCc1ccc(C(=O)c2c[nH]c3cccc(OO[C@@H]4[C@@H](O)[C@H](O)[C@@H](CO)O[C@H]4O)c23)cc1. The summed E-state index contributed by atoms with van der Waals surface area (Å²) in [6.07, 6.45) is -4.85. The van der Waals surface area contributed by atoms with Crippen molar-refractivity contribution in [1.29, 1.82) is 0 Å². The molecular formula is C23H25NO8. The Hall–Kier alpha value is -2.79. The molecule has 1 aromatic heterocycles. The van der Waals surface area contributed by atoms with Gasteiger partial charge in [0, 0.05) is 11.8 Å². The standard InChI is InChI=1S/C23H25NO8/c1-2-12-6-8-13(9-7-12)19(26)14-10-24-15-4-3-5-16(18(14)15)31-32-22-21(28)20(27)17(11-25)30-23(22)29/h3-10,17,20-25,27-29H,2,11H2,1H3/t17-,20-,21+,22-,23-/m1/s1. The smallest absolute Gasteiger partial charge is 0.195 e. The number of carbonyl (C=O) groups excluding carboxylic acids is 1. The summed E-state index contributed by atoms with van der Waals surface area (Å²) in [6.45, 7) is 1.45. The van der Waals surface area contributed by atoms with E-state index >= 15 is 0 Å². The Balaban J connectivity index is 1.59. The molecule has 5 atom stereocenters. The van der Waals surface area contributed by atoms with Crippen LogP contribution in [-0.4, -0.2) is 68.5 Å². The quantitative estimate of drug-likeness (QED) is 0.207. The highest BCUT2D eigenvalue weighted by molar-refractivity contribution is 6.17. The second-order valence-corrected chi connectivity index (χ2v) is 7.63. The minimum Gasteiger partial charge on any atom is -0.394 e. The number of ether oxygens (including phenoxy) is 1. The highest BCUT2D eigenvalue weighted by atomic mass is 17.2. The number of aliphatic hydroxyl groups excluding tert-OH is 4. The van der Waals surface area contributed by atoms with Crippen molar-refractivity contribution in [3.8, 4) is 5.75 Å². The number of fused-ring (bicyclic) bond motifs is 1. The van der Waals surface area contributed by atoms with E-state index in [0.29, 0.717) is 22.0 Å². The summed E-state index contributed by atoms with van der Waals surface area (Å²) in [5, 5.41) is 40.0. The van der Waals surface area contributed by atoms with Crippen molar-refractivity contribution in [3.05, 3.63) is 65.4 Å². The molecule has 0 unspecified atom stereocenters. The topological polar surface area (TPSA) is 141 Å². The third-order valence-electron chi connectivity index (χ3n) is 5.63. The maximum absolute atomic E-state index is 13.1. The first kappa shape index (κ1) is 22.4. The van der Waals surface area contributed by atoms with Crippen molar-refractivity contribution in [3.63, 3.8) is 0 Å². The molecule has 5 N–H and O–H groups in total. The number of rotatable bonds is 7. The average molecular weight is 443 g/mol. The molecule has 0 saturated carbocycles. The number of aliphatic hydroxyl groups is 4. The lowest BCUT2D eigenvalue weighted by Gasteiger charge is -2.38. The molecule has 2 aromatic carbocycles. The number of hydrogen-bond donors (Lipinski definition) is 5. The molecule has 0 aliphatic carbocycles. The van der Waals surface area contributed by atoms with Crippen molar-refractivity contribution in [2.75, 3.05) is 6.61 Å². The Labute approximate surface area is 183 Å². The minimum atomic E-state index is -1.64. The molecule has 170 valence electrons. The number of nitrogens with one attached hydrogen (secondary N) is 1. The van der Waals surface area contributed by atoms with E-state index in [4.69, 9.17) is 14.5 Å². The largest absolute Gasteiger partial charge is 0.394 e. The number of aryl methyl sites for hydroxylation is 1. The van der Waals surface area contributed by atoms with E-state index < -0.39 is 37.3 Å². The number of H-pyrrole nitrogens is 1. The third kappa shape index (κ3) is 4.14. The van der Waals surface area contributed by atoms with E-state index in [9.17, 15) is 25.2 Å². The lowest BCUT2D eigenvalue weighted by Crippen LogP contribution is -2.59. The predicted octanol–water partition coefficient (Wildman–Crippen LogP) is 1.07. The van der Waals surface area contributed by atoms with Gasteiger partial charge in [0.25, 0.3) is 0 Å². The summed E-state index contributed by atoms with van der Waals surface area (Å²) in [5.41, 5.74) is 2.63. The number of benzene rings is 2. The maximum Gasteiger partial charge on any atom is 0.195 e. The van der Waals surface area contributed by atoms with Crippen LogP contribution in [0.3, 0.4) is 0 Å². The van der Waals surface area contributed by atoms with Gasteiger partial charge >= 0.3 is 0 Å². The summed E-state index contributed by atoms with van der Waals surface area (Å²) in [6, 6.07) is 12.4. The molecule has 0 spiro atoms. The molecule has 1 fully saturated rings. The first-order valence-electron chi connectivity index (χ1n) is 10.3. The van der Waals surface area contributed by atoms with Crippen LogP contribution in [0.5, 0.6) is 5.75 Å². The zero-order valence-electron chi connectivity index (χ0n) is 17.3. The summed E-state index contributed by atoms with van der Waals surface area (Å²) in [5.74, 6) is -0.0346. The first-order chi connectivity index (χ1) is 15.4. The third-order valence-corrected chi connectivity index (χ3v) is 5.63. The van der Waals surface area contributed by atoms with E-state index in [2.05, 4.69) is 4.98 Å². The first-order valence-corrected chi connectivity index (χ1v) is 10.3. The lowest BCUT2D eigenvalue weighted by atomic mass is 9.99. The second-order valence-electron chi connectivity index (χ2n) is 7.63. The van der Waals surface area contributed by atoms with Crippen LogP contribution in [0.2, 0.25) is 0 Å². The number of aromatic nitrogens is 1. The van der Waals surface area contributed by atoms with Gasteiger partial charge in [-0.25, -0.2) is 0 Å². The average Bonchev–Trinajstić information content (AvgIpc) is 3.26. The number of hydrogen-bond acceptors (Lipinski definition) is 8. The van der Waals surface area contributed by atoms with E-state index in [0.717, 1.165) is 12.0 Å². The van der Waals surface area contributed by atoms with Gasteiger partial charge in [0.1, 0.15) is 18.3 Å². The minimum absolute atomic E-state index is 0.176. The van der Waals surface area contributed by atoms with Crippen LogP contribution < -0.4 is 4.89 Å². The fourth-order valence-corrected chi connectivity index (χ4v) is 3.73. The van der Waals surface area contributed by atoms with Gasteiger partial charge in [-0.15, -0.1) is 0 Å². The highest BCUT2D eigenvalue weighted by Gasteiger charge is 2.45. The summed E-state index contributed by atoms with van der Waals surface area (Å²) in [4.78, 5) is 26.8. The zero-order valence-corrected chi connectivity index (χ0v) is 17.3. The normalized spacial score (nSPS) is 25.7. The van der Waals surface area contributed by atoms with E-state index in [1.807, 2.05) is 19.1 Å². The van der Waals surface area contributed by atoms with Crippen molar-refractivity contribution in [2.45, 2.75) is 44.1 Å². The van der Waals surface area contributed by atoms with Crippen molar-refractivity contribution in [1.82, 2.24) is 4.98 Å². The predicted molar refractivity (Wildman–Crippen MR) is 113 cm³/mol. The van der Waals surface area contributed by atoms with Crippen LogP contribution in [0.1, 0.15) is 28.4 Å². The molecule has 1 saturated heterocycles. The molecule has 9 heteroatoms. The molecule has 0 bridgehead atoms. The van der Waals surface area contributed by atoms with Crippen molar-refractivity contribution >= 4 is 16.7 Å². The monoisotopic (exact) mass is 443 g/mol. The van der Waals surface area contributed by atoms with Crippen LogP contribution in [-0.2, 0) is 16.0 Å². The molecule has 32 heavy (non-hydrogen) atoms. The molecule has 9 nitrogen and oxygen atoms in total. The van der Waals surface area contributed by atoms with E-state index in [1.165, 1.54) is 0 Å². The van der Waals surface area contributed by atoms with Gasteiger partial charge < -0.3 is 35.0 Å². The van der Waals surface area contributed by atoms with Crippen LogP contribution in [0.4, 0.5) is 0 Å². The molecule has 2 heterocycles. The van der Waals surface area contributed by atoms with Gasteiger partial charge in [-0.05, 0) is 24.1 Å². The van der Waals surface area contributed by atoms with Gasteiger partial charge in [0.15, 0.2) is 23.9 Å². The van der Waals surface area contributed by atoms with Gasteiger partial charge in [-0.1, -0.05) is 37.3 Å².